The summed E-state index contributed by atoms with van der Waals surface area (Å²) in [5.41, 5.74) is 2.17. The number of hydrogen-bond acceptors (Lipinski definition) is 5. The maximum atomic E-state index is 11.9. The number of carbonyl (C=O) groups excluding carboxylic acids is 1. The van der Waals surface area contributed by atoms with Crippen LogP contribution in [0.25, 0.3) is 0 Å². The second-order valence-electron chi connectivity index (χ2n) is 7.24. The van der Waals surface area contributed by atoms with Crippen molar-refractivity contribution in [3.8, 4) is 0 Å². The monoisotopic (exact) mass is 348 g/mol. The van der Waals surface area contributed by atoms with Crippen molar-refractivity contribution in [1.82, 2.24) is 9.88 Å². The quantitative estimate of drug-likeness (QED) is 0.786. The fraction of sp³-hybridized carbons (Fsp3) is 0.684. The molecule has 0 bridgehead atoms. The standard InChI is InChI=1S/C19H28N2O4/c1-15-4-3-5-16(20-15)11-24-12-17-10-19(14-25-17)6-8-21(9-7-19)18(22)13-23-2/h3-5,17H,6-14H2,1-2H3/t17-/m1/s1. The van der Waals surface area contributed by atoms with Crippen molar-refractivity contribution in [2.45, 2.75) is 38.9 Å². The lowest BCUT2D eigenvalue weighted by Gasteiger charge is -2.38. The van der Waals surface area contributed by atoms with E-state index >= 15 is 0 Å². The van der Waals surface area contributed by atoms with Crippen molar-refractivity contribution in [3.05, 3.63) is 29.6 Å². The van der Waals surface area contributed by atoms with Gasteiger partial charge >= 0.3 is 0 Å². The van der Waals surface area contributed by atoms with Crippen LogP contribution in [0, 0.1) is 12.3 Å². The molecule has 0 aliphatic carbocycles. The highest BCUT2D eigenvalue weighted by Gasteiger charge is 2.43. The number of aromatic nitrogens is 1. The third-order valence-corrected chi connectivity index (χ3v) is 5.23. The molecule has 1 amide bonds. The SMILES string of the molecule is COCC(=O)N1CCC2(CC1)CO[C@@H](COCc1cccc(C)n1)C2. The first-order chi connectivity index (χ1) is 12.1. The summed E-state index contributed by atoms with van der Waals surface area (Å²) in [6.07, 6.45) is 3.16. The molecule has 3 rings (SSSR count). The first kappa shape index (κ1) is 18.3. The van der Waals surface area contributed by atoms with Crippen LogP contribution >= 0.6 is 0 Å². The molecule has 1 aromatic rings. The Morgan fingerprint density at radius 3 is 2.92 bits per heavy atom. The molecule has 0 saturated carbocycles. The molecule has 2 saturated heterocycles. The largest absolute Gasteiger partial charge is 0.375 e. The van der Waals surface area contributed by atoms with Crippen LogP contribution in [0.2, 0.25) is 0 Å². The van der Waals surface area contributed by atoms with Gasteiger partial charge in [-0.25, -0.2) is 0 Å². The van der Waals surface area contributed by atoms with Gasteiger partial charge in [0.05, 0.1) is 31.6 Å². The summed E-state index contributed by atoms with van der Waals surface area (Å²) in [6.45, 7) is 5.65. The fourth-order valence-corrected chi connectivity index (χ4v) is 3.77. The number of amides is 1. The lowest BCUT2D eigenvalue weighted by Crippen LogP contribution is -2.44. The molecule has 2 aliphatic heterocycles. The van der Waals surface area contributed by atoms with Crippen molar-refractivity contribution in [3.63, 3.8) is 0 Å². The summed E-state index contributed by atoms with van der Waals surface area (Å²) in [6, 6.07) is 5.97. The van der Waals surface area contributed by atoms with Gasteiger partial charge in [-0.05, 0) is 43.7 Å². The second-order valence-corrected chi connectivity index (χ2v) is 7.24. The van der Waals surface area contributed by atoms with E-state index in [-0.39, 0.29) is 24.0 Å². The van der Waals surface area contributed by atoms with E-state index in [0.717, 1.165) is 50.3 Å². The number of nitrogens with zero attached hydrogens (tertiary/aromatic N) is 2. The Labute approximate surface area is 149 Å². The smallest absolute Gasteiger partial charge is 0.248 e. The molecule has 1 atom stereocenters. The minimum Gasteiger partial charge on any atom is -0.375 e. The number of methoxy groups -OCH3 is 1. The van der Waals surface area contributed by atoms with Crippen molar-refractivity contribution in [1.29, 1.82) is 0 Å². The molecular formula is C19H28N2O4. The maximum Gasteiger partial charge on any atom is 0.248 e. The number of aryl methyl sites for hydroxylation is 1. The van der Waals surface area contributed by atoms with Crippen LogP contribution in [0.3, 0.4) is 0 Å². The minimum absolute atomic E-state index is 0.0850. The van der Waals surface area contributed by atoms with Gasteiger partial charge in [-0.2, -0.15) is 0 Å². The van der Waals surface area contributed by atoms with E-state index in [4.69, 9.17) is 14.2 Å². The van der Waals surface area contributed by atoms with Crippen molar-refractivity contribution < 1.29 is 19.0 Å². The molecule has 0 N–H and O–H groups in total. The number of carbonyl (C=O) groups is 1. The van der Waals surface area contributed by atoms with E-state index < -0.39 is 0 Å². The van der Waals surface area contributed by atoms with Gasteiger partial charge in [0, 0.05) is 25.9 Å². The summed E-state index contributed by atoms with van der Waals surface area (Å²) in [7, 11) is 1.56. The molecule has 138 valence electrons. The predicted molar refractivity (Wildman–Crippen MR) is 93.1 cm³/mol. The Kier molecular flexibility index (Phi) is 6.04. The highest BCUT2D eigenvalue weighted by atomic mass is 16.5. The van der Waals surface area contributed by atoms with Crippen LogP contribution in [0.4, 0.5) is 0 Å². The predicted octanol–water partition coefficient (Wildman–Crippen LogP) is 1.95. The Balaban J connectivity index is 1.41. The number of likely N-dealkylation sites (tertiary alicyclic amines) is 1. The van der Waals surface area contributed by atoms with Crippen LogP contribution in [-0.4, -0.2) is 61.9 Å². The van der Waals surface area contributed by atoms with E-state index in [1.165, 1.54) is 0 Å². The van der Waals surface area contributed by atoms with E-state index in [0.29, 0.717) is 13.2 Å². The molecule has 3 heterocycles. The van der Waals surface area contributed by atoms with Gasteiger partial charge in [0.15, 0.2) is 0 Å². The highest BCUT2D eigenvalue weighted by Crippen LogP contribution is 2.42. The molecule has 25 heavy (non-hydrogen) atoms. The van der Waals surface area contributed by atoms with Gasteiger partial charge in [0.25, 0.3) is 0 Å². The van der Waals surface area contributed by atoms with Gasteiger partial charge in [-0.3, -0.25) is 9.78 Å². The van der Waals surface area contributed by atoms with Crippen LogP contribution in [0.15, 0.2) is 18.2 Å². The second kappa shape index (κ2) is 8.25. The van der Waals surface area contributed by atoms with Gasteiger partial charge < -0.3 is 19.1 Å². The maximum absolute atomic E-state index is 11.9. The number of rotatable bonds is 6. The van der Waals surface area contributed by atoms with Crippen LogP contribution < -0.4 is 0 Å². The Bertz CT molecular complexity index is 585. The van der Waals surface area contributed by atoms with E-state index in [1.807, 2.05) is 30.0 Å². The molecule has 6 heteroatoms. The van der Waals surface area contributed by atoms with Crippen molar-refractivity contribution in [2.24, 2.45) is 5.41 Å². The molecule has 2 fully saturated rings. The summed E-state index contributed by atoms with van der Waals surface area (Å²) in [5, 5.41) is 0. The van der Waals surface area contributed by atoms with Crippen molar-refractivity contribution >= 4 is 5.91 Å². The highest BCUT2D eigenvalue weighted by molar-refractivity contribution is 5.77. The van der Waals surface area contributed by atoms with E-state index in [1.54, 1.807) is 7.11 Å². The number of hydrogen-bond donors (Lipinski definition) is 0. The van der Waals surface area contributed by atoms with Gasteiger partial charge in [-0.15, -0.1) is 0 Å². The normalized spacial score (nSPS) is 22.5. The molecule has 0 radical (unpaired) electrons. The number of pyridine rings is 1. The van der Waals surface area contributed by atoms with E-state index in [2.05, 4.69) is 4.98 Å². The fourth-order valence-electron chi connectivity index (χ4n) is 3.77. The molecule has 1 spiro atoms. The van der Waals surface area contributed by atoms with Gasteiger partial charge in [0.1, 0.15) is 6.61 Å². The van der Waals surface area contributed by atoms with Crippen LogP contribution in [0.1, 0.15) is 30.7 Å². The van der Waals surface area contributed by atoms with Gasteiger partial charge in [-0.1, -0.05) is 6.07 Å². The Morgan fingerprint density at radius 1 is 1.40 bits per heavy atom. The van der Waals surface area contributed by atoms with Crippen molar-refractivity contribution in [2.75, 3.05) is 40.0 Å². The molecular weight excluding hydrogens is 320 g/mol. The topological polar surface area (TPSA) is 60.9 Å². The van der Waals surface area contributed by atoms with E-state index in [9.17, 15) is 4.79 Å². The minimum atomic E-state index is 0.0850. The summed E-state index contributed by atoms with van der Waals surface area (Å²) in [5.74, 6) is 0.0850. The lowest BCUT2D eigenvalue weighted by atomic mass is 9.76. The third kappa shape index (κ3) is 4.77. The zero-order valence-electron chi connectivity index (χ0n) is 15.2. The number of ether oxygens (including phenoxy) is 3. The van der Waals surface area contributed by atoms with Crippen LogP contribution in [0.5, 0.6) is 0 Å². The molecule has 6 nitrogen and oxygen atoms in total. The molecule has 2 aliphatic rings. The summed E-state index contributed by atoms with van der Waals surface area (Å²) < 4.78 is 16.7. The molecule has 1 aromatic heterocycles. The van der Waals surface area contributed by atoms with Crippen LogP contribution in [-0.2, 0) is 25.6 Å². The molecule has 0 unspecified atom stereocenters. The Hall–Kier alpha value is -1.50. The average molecular weight is 348 g/mol. The number of piperidine rings is 1. The molecule has 0 aromatic carbocycles. The lowest BCUT2D eigenvalue weighted by molar-refractivity contribution is -0.137. The summed E-state index contributed by atoms with van der Waals surface area (Å²) >= 11 is 0. The average Bonchev–Trinajstić information content (AvgIpc) is 2.98. The summed E-state index contributed by atoms with van der Waals surface area (Å²) in [4.78, 5) is 18.3. The first-order valence-electron chi connectivity index (χ1n) is 8.99. The first-order valence-corrected chi connectivity index (χ1v) is 8.99. The zero-order chi connectivity index (χ0) is 17.7. The third-order valence-electron chi connectivity index (χ3n) is 5.23. The Morgan fingerprint density at radius 2 is 2.20 bits per heavy atom. The van der Waals surface area contributed by atoms with Gasteiger partial charge in [0.2, 0.25) is 5.91 Å². The zero-order valence-corrected chi connectivity index (χ0v) is 15.2.